The van der Waals surface area contributed by atoms with Crippen LogP contribution in [0.3, 0.4) is 0 Å². The van der Waals surface area contributed by atoms with Gasteiger partial charge in [-0.3, -0.25) is 52.7 Å². The third-order valence-electron chi connectivity index (χ3n) is 11.2. The molecule has 1 rings (SSSR count). The van der Waals surface area contributed by atoms with Gasteiger partial charge in [-0.25, -0.2) is 4.79 Å². The van der Waals surface area contributed by atoms with Crippen molar-refractivity contribution in [2.45, 2.75) is 166 Å². The van der Waals surface area contributed by atoms with E-state index >= 15 is 0 Å². The lowest BCUT2D eigenvalue weighted by molar-refractivity contribution is -0.143. The van der Waals surface area contributed by atoms with Gasteiger partial charge in [0.25, 0.3) is 0 Å². The molecule has 0 aromatic heterocycles. The van der Waals surface area contributed by atoms with Crippen LogP contribution in [0.2, 0.25) is 0 Å². The summed E-state index contributed by atoms with van der Waals surface area (Å²) < 4.78 is 0. The van der Waals surface area contributed by atoms with Crippen LogP contribution < -0.4 is 60.2 Å². The van der Waals surface area contributed by atoms with E-state index in [-0.39, 0.29) is 62.7 Å². The number of hydrogen-bond acceptors (Lipinski definition) is 15. The second kappa shape index (κ2) is 33.3. The Morgan fingerprint density at radius 2 is 0.811 bits per heavy atom. The van der Waals surface area contributed by atoms with Crippen molar-refractivity contribution in [2.24, 2.45) is 34.8 Å². The minimum absolute atomic E-state index is 0.00809. The van der Waals surface area contributed by atoms with Crippen LogP contribution in [0.4, 0.5) is 0 Å². The van der Waals surface area contributed by atoms with E-state index in [0.717, 1.165) is 0 Å². The summed E-state index contributed by atoms with van der Waals surface area (Å²) in [6.45, 7) is 7.14. The molecular formula is C47H75N11O16. The Bertz CT molecular complexity index is 2110. The summed E-state index contributed by atoms with van der Waals surface area (Å²) >= 11 is 0. The number of carbonyl (C=O) groups is 12. The average Bonchev–Trinajstić information content (AvgIpc) is 3.30. The molecule has 27 heteroatoms. The first-order valence-electron chi connectivity index (χ1n) is 24.2. The number of carboxylic acid groups (broad SMARTS) is 3. The van der Waals surface area contributed by atoms with E-state index in [1.165, 1.54) is 24.3 Å². The Hall–Kier alpha value is -7.42. The van der Waals surface area contributed by atoms with Crippen molar-refractivity contribution in [3.8, 4) is 5.75 Å². The lowest BCUT2D eigenvalue weighted by Crippen LogP contribution is -2.60. The number of unbranched alkanes of at least 4 members (excludes halogenated alkanes) is 1. The number of carboxylic acids is 3. The molecule has 1 aromatic carbocycles. The molecule has 19 N–H and O–H groups in total. The molecule has 0 aliphatic heterocycles. The van der Waals surface area contributed by atoms with Crippen molar-refractivity contribution in [1.29, 1.82) is 0 Å². The van der Waals surface area contributed by atoms with Gasteiger partial charge in [-0.2, -0.15) is 0 Å². The number of phenolic OH excluding ortho intramolecular Hbond substituents is 1. The number of nitrogens with two attached hydrogens (primary N) is 4. The lowest BCUT2D eigenvalue weighted by Gasteiger charge is -2.29. The zero-order chi connectivity index (χ0) is 56.2. The maximum Gasteiger partial charge on any atom is 0.326 e. The summed E-state index contributed by atoms with van der Waals surface area (Å²) in [6.07, 6.45) is -3.24. The van der Waals surface area contributed by atoms with Crippen molar-refractivity contribution in [1.82, 2.24) is 37.2 Å². The first-order chi connectivity index (χ1) is 34.6. The van der Waals surface area contributed by atoms with E-state index in [0.29, 0.717) is 18.4 Å². The summed E-state index contributed by atoms with van der Waals surface area (Å²) in [5, 5.41) is 55.5. The molecule has 0 heterocycles. The molecule has 1 aromatic rings. The predicted molar refractivity (Wildman–Crippen MR) is 263 cm³/mol. The van der Waals surface area contributed by atoms with Gasteiger partial charge in [0.15, 0.2) is 0 Å². The molecule has 9 amide bonds. The van der Waals surface area contributed by atoms with Gasteiger partial charge >= 0.3 is 17.9 Å². The van der Waals surface area contributed by atoms with Crippen LogP contribution in [0.25, 0.3) is 0 Å². The summed E-state index contributed by atoms with van der Waals surface area (Å²) in [5.74, 6) is -13.2. The van der Waals surface area contributed by atoms with Crippen molar-refractivity contribution in [2.75, 3.05) is 6.54 Å². The number of benzene rings is 1. The van der Waals surface area contributed by atoms with Crippen LogP contribution in [-0.2, 0) is 64.0 Å². The fraction of sp³-hybridized carbons (Fsp3) is 0.617. The van der Waals surface area contributed by atoms with Crippen molar-refractivity contribution >= 4 is 71.1 Å². The number of aliphatic carboxylic acids is 3. The fourth-order valence-electron chi connectivity index (χ4n) is 7.20. The SMILES string of the molecule is CC(C)C[C@H](NC(=O)[C@H](CCCCN)NC(=O)[C@H](CC(C)C)NC(=O)[C@H](Cc1ccc(O)cc1)NC(=O)[C@H](CCC(=O)O)NC(=O)[C@H](CCC(N)=O)NC(=O)[C@@H](N)CCC(N)=O)C(=O)N[C@@H](CCC(=O)O)C(=O)O. The molecule has 0 saturated carbocycles. The Kier molecular flexibility index (Phi) is 29.1. The van der Waals surface area contributed by atoms with Gasteiger partial charge in [-0.1, -0.05) is 39.8 Å². The molecule has 8 atom stereocenters. The van der Waals surface area contributed by atoms with Crippen molar-refractivity contribution in [3.05, 3.63) is 29.8 Å². The van der Waals surface area contributed by atoms with Crippen LogP contribution in [0, 0.1) is 11.8 Å². The predicted octanol–water partition coefficient (Wildman–Crippen LogP) is -2.78. The van der Waals surface area contributed by atoms with Crippen molar-refractivity contribution in [3.63, 3.8) is 0 Å². The van der Waals surface area contributed by atoms with E-state index in [9.17, 15) is 72.9 Å². The van der Waals surface area contributed by atoms with Gasteiger partial charge in [-0.15, -0.1) is 0 Å². The zero-order valence-electron chi connectivity index (χ0n) is 42.2. The fourth-order valence-corrected chi connectivity index (χ4v) is 7.20. The van der Waals surface area contributed by atoms with Gasteiger partial charge in [0.1, 0.15) is 48.0 Å². The lowest BCUT2D eigenvalue weighted by atomic mass is 9.99. The molecule has 0 spiro atoms. The zero-order valence-corrected chi connectivity index (χ0v) is 42.2. The number of rotatable bonds is 37. The standard InChI is InChI=1S/C47H75N11O16/c1-24(2)21-33(44(70)53-29(7-5-6-20-48)41(67)56-34(22-25(3)4)45(71)55-32(47(73)74)15-19-39(64)65)57-46(72)35(23-26-8-10-27(59)11-9-26)58-43(69)31(14-18-38(62)63)54-42(68)30(13-17-37(51)61)52-40(66)28(49)12-16-36(50)60/h8-11,24-25,28-35,59H,5-7,12-23,48-49H2,1-4H3,(H2,50,60)(H2,51,61)(H,52,66)(H,53,70)(H,54,68)(H,55,71)(H,56,67)(H,57,72)(H,58,69)(H,62,63)(H,64,65)(H,73,74)/t28-,29-,30-,31-,32-,33-,34-,35-/m0/s1. The molecule has 0 aliphatic carbocycles. The van der Waals surface area contributed by atoms with E-state index in [1.807, 2.05) is 0 Å². The Labute approximate surface area is 428 Å². The summed E-state index contributed by atoms with van der Waals surface area (Å²) in [7, 11) is 0. The second-order valence-electron chi connectivity index (χ2n) is 18.7. The Balaban J connectivity index is 3.64. The average molecular weight is 1050 g/mol. The maximum absolute atomic E-state index is 14.4. The third-order valence-corrected chi connectivity index (χ3v) is 11.2. The minimum Gasteiger partial charge on any atom is -0.508 e. The molecule has 74 heavy (non-hydrogen) atoms. The monoisotopic (exact) mass is 1050 g/mol. The van der Waals surface area contributed by atoms with Gasteiger partial charge in [-0.05, 0) is 93.9 Å². The molecule has 0 fully saturated rings. The highest BCUT2D eigenvalue weighted by Gasteiger charge is 2.35. The van der Waals surface area contributed by atoms with Crippen LogP contribution in [0.5, 0.6) is 5.75 Å². The van der Waals surface area contributed by atoms with E-state index in [1.54, 1.807) is 27.7 Å². The Morgan fingerprint density at radius 3 is 1.23 bits per heavy atom. The van der Waals surface area contributed by atoms with E-state index in [4.69, 9.17) is 28.0 Å². The molecule has 27 nitrogen and oxygen atoms in total. The number of hydrogen-bond donors (Lipinski definition) is 15. The molecular weight excluding hydrogens is 975 g/mol. The number of nitrogens with one attached hydrogen (secondary N) is 7. The number of aromatic hydroxyl groups is 1. The number of primary amides is 2. The first kappa shape index (κ1) is 64.6. The van der Waals surface area contributed by atoms with Gasteiger partial charge in [0.2, 0.25) is 53.2 Å². The Morgan fingerprint density at radius 1 is 0.459 bits per heavy atom. The summed E-state index contributed by atoms with van der Waals surface area (Å²) in [6, 6.07) is -6.43. The number of carbonyl (C=O) groups excluding carboxylic acids is 9. The van der Waals surface area contributed by atoms with Crippen LogP contribution in [0.15, 0.2) is 24.3 Å². The highest BCUT2D eigenvalue weighted by molar-refractivity contribution is 5.98. The topological polar surface area (TPSA) is 474 Å². The van der Waals surface area contributed by atoms with Crippen molar-refractivity contribution < 1.29 is 78.0 Å². The molecule has 414 valence electrons. The highest BCUT2D eigenvalue weighted by atomic mass is 16.4. The number of phenols is 1. The first-order valence-corrected chi connectivity index (χ1v) is 24.2. The molecule has 0 unspecified atom stereocenters. The van der Waals surface area contributed by atoms with Gasteiger partial charge in [0, 0.05) is 32.1 Å². The minimum atomic E-state index is -1.71. The molecule has 0 aliphatic rings. The molecule has 0 bridgehead atoms. The second-order valence-corrected chi connectivity index (χ2v) is 18.7. The van der Waals surface area contributed by atoms with Gasteiger partial charge < -0.3 is 80.6 Å². The molecule has 0 radical (unpaired) electrons. The highest BCUT2D eigenvalue weighted by Crippen LogP contribution is 2.15. The largest absolute Gasteiger partial charge is 0.508 e. The quantitative estimate of drug-likeness (QED) is 0.0300. The summed E-state index contributed by atoms with van der Waals surface area (Å²) in [4.78, 5) is 155. The maximum atomic E-state index is 14.4. The van der Waals surface area contributed by atoms with Gasteiger partial charge in [0.05, 0.1) is 6.04 Å². The third kappa shape index (κ3) is 26.3. The van der Waals surface area contributed by atoms with Crippen LogP contribution >= 0.6 is 0 Å². The normalized spacial score (nSPS) is 14.3. The summed E-state index contributed by atoms with van der Waals surface area (Å²) in [5.41, 5.74) is 22.4. The number of amides is 9. The van der Waals surface area contributed by atoms with E-state index in [2.05, 4.69) is 37.2 Å². The van der Waals surface area contributed by atoms with Crippen LogP contribution in [-0.4, -0.2) is 146 Å². The smallest absolute Gasteiger partial charge is 0.326 e. The van der Waals surface area contributed by atoms with E-state index < -0.39 is 158 Å². The van der Waals surface area contributed by atoms with Crippen LogP contribution in [0.1, 0.15) is 117 Å². The molecule has 0 saturated heterocycles.